The van der Waals surface area contributed by atoms with Gasteiger partial charge in [-0.2, -0.15) is 5.10 Å². The van der Waals surface area contributed by atoms with Crippen LogP contribution in [0, 0.1) is 62.1 Å². The van der Waals surface area contributed by atoms with Crippen molar-refractivity contribution in [1.29, 1.82) is 0 Å². The standard InChI is InChI=1S/C46H71N5O4/c1-29(2)30(3)41(7)20-21-43(9)32-14-15-35-42(8)25-54-27-46(35,33(32)16-19-44(43,10)36(41)39(52)53)24-34(37(42)55-26-45(11,50(12)13)40(4,5)6)51-38(48-28-49-51)31-17-22-47-23-18-31/h16-18,22-23,28-30,32,34-37H,14-15,19-21,24-27H2,1-13H3,(H,52,53)/t30-,32+,34-,35+,36-,37+,41-,42-,43-,44+,45+,46+/m1/s1. The molecule has 3 heterocycles. The Morgan fingerprint density at radius 3 is 2.35 bits per heavy atom. The molecule has 304 valence electrons. The fourth-order valence-corrected chi connectivity index (χ4v) is 13.6. The quantitative estimate of drug-likeness (QED) is 0.253. The van der Waals surface area contributed by atoms with Crippen LogP contribution in [-0.2, 0) is 14.3 Å². The highest BCUT2D eigenvalue weighted by atomic mass is 16.5. The first-order chi connectivity index (χ1) is 25.6. The lowest BCUT2D eigenvalue weighted by Gasteiger charge is -2.71. The number of carboxylic acid groups (broad SMARTS) is 1. The minimum absolute atomic E-state index is 0.0340. The second-order valence-electron chi connectivity index (χ2n) is 21.5. The molecule has 1 saturated heterocycles. The molecule has 0 amide bonds. The second kappa shape index (κ2) is 13.5. The summed E-state index contributed by atoms with van der Waals surface area (Å²) in [4.78, 5) is 25.1. The van der Waals surface area contributed by atoms with Gasteiger partial charge < -0.3 is 19.5 Å². The summed E-state index contributed by atoms with van der Waals surface area (Å²) in [5.41, 5.74) is 0.973. The number of carboxylic acids is 1. The predicted octanol–water partition coefficient (Wildman–Crippen LogP) is 9.22. The van der Waals surface area contributed by atoms with Crippen LogP contribution in [0.25, 0.3) is 11.4 Å². The van der Waals surface area contributed by atoms with Crippen molar-refractivity contribution in [1.82, 2.24) is 24.6 Å². The van der Waals surface area contributed by atoms with Crippen molar-refractivity contribution in [2.24, 2.45) is 62.1 Å². The molecular formula is C46H71N5O4. The molecule has 2 aromatic heterocycles. The minimum atomic E-state index is -0.617. The fraction of sp³-hybridized carbons (Fsp3) is 0.783. The molecule has 1 N–H and O–H groups in total. The number of carbonyl (C=O) groups is 1. The van der Waals surface area contributed by atoms with E-state index in [1.54, 1.807) is 6.33 Å². The van der Waals surface area contributed by atoms with Gasteiger partial charge in [-0.25, -0.2) is 9.67 Å². The molecule has 3 saturated carbocycles. The highest BCUT2D eigenvalue weighted by molar-refractivity contribution is 5.73. The number of ether oxygens (including phenoxy) is 2. The van der Waals surface area contributed by atoms with Gasteiger partial charge in [0.15, 0.2) is 5.82 Å². The summed E-state index contributed by atoms with van der Waals surface area (Å²) in [5, 5.41) is 16.2. The van der Waals surface area contributed by atoms with E-state index >= 15 is 0 Å². The largest absolute Gasteiger partial charge is 0.481 e. The molecule has 4 fully saturated rings. The van der Waals surface area contributed by atoms with Crippen molar-refractivity contribution in [3.05, 3.63) is 42.5 Å². The highest BCUT2D eigenvalue weighted by Gasteiger charge is 2.72. The number of rotatable bonds is 9. The van der Waals surface area contributed by atoms with Gasteiger partial charge in [-0.3, -0.25) is 9.78 Å². The zero-order chi connectivity index (χ0) is 40.1. The van der Waals surface area contributed by atoms with Crippen LogP contribution in [0.4, 0.5) is 0 Å². The van der Waals surface area contributed by atoms with E-state index in [1.807, 2.05) is 24.5 Å². The Bertz CT molecular complexity index is 1780. The van der Waals surface area contributed by atoms with Gasteiger partial charge in [0, 0.05) is 34.3 Å². The van der Waals surface area contributed by atoms with Gasteiger partial charge in [-0.15, -0.1) is 0 Å². The van der Waals surface area contributed by atoms with Crippen LogP contribution in [0.5, 0.6) is 0 Å². The summed E-state index contributed by atoms with van der Waals surface area (Å²) in [5.74, 6) is 1.19. The molecule has 12 atom stereocenters. The molecule has 0 spiro atoms. The topological polar surface area (TPSA) is 103 Å². The first-order valence-corrected chi connectivity index (χ1v) is 21.2. The molecule has 0 unspecified atom stereocenters. The Morgan fingerprint density at radius 1 is 1.04 bits per heavy atom. The summed E-state index contributed by atoms with van der Waals surface area (Å²) in [7, 11) is 4.33. The van der Waals surface area contributed by atoms with Crippen LogP contribution in [-0.4, -0.2) is 81.3 Å². The van der Waals surface area contributed by atoms with Crippen molar-refractivity contribution in [2.75, 3.05) is 33.9 Å². The normalized spacial score (nSPS) is 40.4. The molecule has 1 aliphatic heterocycles. The Morgan fingerprint density at radius 2 is 1.73 bits per heavy atom. The molecular weight excluding hydrogens is 687 g/mol. The monoisotopic (exact) mass is 758 g/mol. The molecule has 2 aromatic rings. The summed E-state index contributed by atoms with van der Waals surface area (Å²) in [6, 6.07) is 3.95. The minimum Gasteiger partial charge on any atom is -0.481 e. The van der Waals surface area contributed by atoms with Crippen LogP contribution < -0.4 is 0 Å². The molecule has 2 bridgehead atoms. The molecule has 9 heteroatoms. The Balaban J connectivity index is 1.36. The number of aliphatic carboxylic acids is 1. The SMILES string of the molecule is CC(C)[C@@H](C)[C@@]1(C)CC[C@]2(C)[C@H]3CC[C@@H]4[C@@]5(COC[C@@]4(C)[C@@H](OC[C@](C)(N(C)C)C(C)(C)C)[C@H](n4ncnc4-c4ccncc4)C5)C3=CC[C@@]2(C)[C@@H]1C(=O)O. The van der Waals surface area contributed by atoms with Crippen LogP contribution in [0.3, 0.4) is 0 Å². The third-order valence-electron chi connectivity index (χ3n) is 18.1. The van der Waals surface area contributed by atoms with Crippen molar-refractivity contribution >= 4 is 5.97 Å². The molecule has 0 radical (unpaired) electrons. The van der Waals surface area contributed by atoms with Gasteiger partial charge in [-0.1, -0.05) is 80.9 Å². The Labute approximate surface area is 331 Å². The predicted molar refractivity (Wildman–Crippen MR) is 217 cm³/mol. The number of hydrogen-bond donors (Lipinski definition) is 1. The maximum atomic E-state index is 13.6. The molecule has 4 aliphatic carbocycles. The van der Waals surface area contributed by atoms with Crippen LogP contribution >= 0.6 is 0 Å². The lowest BCUT2D eigenvalue weighted by Crippen LogP contribution is -2.69. The number of allylic oxidation sites excluding steroid dienone is 1. The number of nitrogens with zero attached hydrogens (tertiary/aromatic N) is 5. The average Bonchev–Trinajstić information content (AvgIpc) is 3.60. The lowest BCUT2D eigenvalue weighted by molar-refractivity contribution is -0.256. The fourth-order valence-electron chi connectivity index (χ4n) is 13.6. The summed E-state index contributed by atoms with van der Waals surface area (Å²) >= 11 is 0. The third-order valence-corrected chi connectivity index (χ3v) is 18.1. The average molecular weight is 758 g/mol. The summed E-state index contributed by atoms with van der Waals surface area (Å²) in [6.45, 7) is 27.5. The maximum Gasteiger partial charge on any atom is 0.307 e. The van der Waals surface area contributed by atoms with E-state index in [4.69, 9.17) is 19.6 Å². The van der Waals surface area contributed by atoms with E-state index in [1.165, 1.54) is 5.57 Å². The highest BCUT2D eigenvalue weighted by Crippen LogP contribution is 2.75. The molecule has 9 nitrogen and oxygen atoms in total. The first kappa shape index (κ1) is 40.6. The molecule has 0 aromatic carbocycles. The number of pyridine rings is 1. The zero-order valence-electron chi connectivity index (χ0n) is 36.3. The summed E-state index contributed by atoms with van der Waals surface area (Å²) < 4.78 is 16.5. The van der Waals surface area contributed by atoms with E-state index in [2.05, 4.69) is 111 Å². The lowest BCUT2D eigenvalue weighted by atomic mass is 9.34. The molecule has 55 heavy (non-hydrogen) atoms. The van der Waals surface area contributed by atoms with Crippen molar-refractivity contribution < 1.29 is 19.4 Å². The number of aromatic nitrogens is 4. The molecule has 5 aliphatic rings. The number of hydrogen-bond acceptors (Lipinski definition) is 7. The van der Waals surface area contributed by atoms with Crippen LogP contribution in [0.15, 0.2) is 42.5 Å². The van der Waals surface area contributed by atoms with E-state index in [0.717, 1.165) is 49.9 Å². The van der Waals surface area contributed by atoms with Crippen LogP contribution in [0.2, 0.25) is 0 Å². The van der Waals surface area contributed by atoms with Gasteiger partial charge in [0.05, 0.1) is 37.9 Å². The number of likely N-dealkylation sites (N-methyl/N-ethyl adjacent to an activating group) is 1. The Hall–Kier alpha value is -2.62. The maximum absolute atomic E-state index is 13.6. The van der Waals surface area contributed by atoms with Crippen LogP contribution in [0.1, 0.15) is 121 Å². The third kappa shape index (κ3) is 5.69. The van der Waals surface area contributed by atoms with E-state index in [-0.39, 0.29) is 50.2 Å². The van der Waals surface area contributed by atoms with Gasteiger partial charge >= 0.3 is 5.97 Å². The van der Waals surface area contributed by atoms with Gasteiger partial charge in [0.25, 0.3) is 0 Å². The van der Waals surface area contributed by atoms with E-state index < -0.39 is 11.9 Å². The Kier molecular flexibility index (Phi) is 9.94. The van der Waals surface area contributed by atoms with E-state index in [9.17, 15) is 9.90 Å². The first-order valence-electron chi connectivity index (χ1n) is 21.2. The van der Waals surface area contributed by atoms with Gasteiger partial charge in [0.1, 0.15) is 6.33 Å². The van der Waals surface area contributed by atoms with Gasteiger partial charge in [-0.05, 0) is 117 Å². The van der Waals surface area contributed by atoms with Crippen molar-refractivity contribution in [3.8, 4) is 11.4 Å². The number of fused-ring (bicyclic) bond motifs is 3. The van der Waals surface area contributed by atoms with E-state index in [0.29, 0.717) is 43.5 Å². The van der Waals surface area contributed by atoms with Crippen molar-refractivity contribution in [3.63, 3.8) is 0 Å². The zero-order valence-corrected chi connectivity index (χ0v) is 36.3. The second-order valence-corrected chi connectivity index (χ2v) is 21.5. The molecule has 7 rings (SSSR count). The van der Waals surface area contributed by atoms with Gasteiger partial charge in [0.2, 0.25) is 0 Å². The smallest absolute Gasteiger partial charge is 0.307 e. The van der Waals surface area contributed by atoms with Crippen molar-refractivity contribution in [2.45, 2.75) is 132 Å². The summed E-state index contributed by atoms with van der Waals surface area (Å²) in [6.07, 6.45) is 13.5.